The third-order valence-electron chi connectivity index (χ3n) is 3.52. The summed E-state index contributed by atoms with van der Waals surface area (Å²) in [6, 6.07) is 5.30. The predicted octanol–water partition coefficient (Wildman–Crippen LogP) is 4.00. The van der Waals surface area contributed by atoms with Gasteiger partial charge in [0.1, 0.15) is 10.2 Å². The average Bonchev–Trinajstić information content (AvgIpc) is 3.09. The zero-order valence-corrected chi connectivity index (χ0v) is 15.8. The van der Waals surface area contributed by atoms with Crippen molar-refractivity contribution in [1.82, 2.24) is 15.6 Å². The van der Waals surface area contributed by atoms with Crippen LogP contribution in [0, 0.1) is 12.7 Å². The Morgan fingerprint density at radius 2 is 2.29 bits per heavy atom. The smallest absolute Gasteiger partial charge is 0.191 e. The number of hydrogen-bond acceptors (Lipinski definition) is 4. The Morgan fingerprint density at radius 1 is 1.46 bits per heavy atom. The molecule has 1 unspecified atom stereocenters. The zero-order valence-electron chi connectivity index (χ0n) is 14.2. The van der Waals surface area contributed by atoms with Gasteiger partial charge in [0.2, 0.25) is 0 Å². The molecule has 130 valence electrons. The van der Waals surface area contributed by atoms with Gasteiger partial charge in [-0.15, -0.1) is 11.3 Å². The minimum Gasteiger partial charge on any atom is -0.356 e. The van der Waals surface area contributed by atoms with Crippen LogP contribution in [0.3, 0.4) is 0 Å². The Balaban J connectivity index is 1.73. The van der Waals surface area contributed by atoms with E-state index in [9.17, 15) is 4.39 Å². The highest BCUT2D eigenvalue weighted by molar-refractivity contribution is 8.00. The monoisotopic (exact) mass is 366 g/mol. The van der Waals surface area contributed by atoms with Gasteiger partial charge in [-0.2, -0.15) is 0 Å². The Hall–Kier alpha value is -1.60. The molecule has 0 aliphatic carbocycles. The molecule has 2 aromatic rings. The van der Waals surface area contributed by atoms with Crippen LogP contribution < -0.4 is 10.6 Å². The number of hydrogen-bond donors (Lipinski definition) is 2. The van der Waals surface area contributed by atoms with Crippen molar-refractivity contribution in [3.63, 3.8) is 0 Å². The second-order valence-electron chi connectivity index (χ2n) is 5.37. The molecule has 1 aromatic carbocycles. The first-order chi connectivity index (χ1) is 11.6. The van der Waals surface area contributed by atoms with E-state index >= 15 is 0 Å². The maximum absolute atomic E-state index is 13.7. The van der Waals surface area contributed by atoms with Gasteiger partial charge in [-0.1, -0.05) is 23.9 Å². The lowest BCUT2D eigenvalue weighted by Crippen LogP contribution is -2.39. The van der Waals surface area contributed by atoms with Crippen molar-refractivity contribution in [2.45, 2.75) is 30.6 Å². The van der Waals surface area contributed by atoms with Gasteiger partial charge in [0, 0.05) is 30.9 Å². The zero-order chi connectivity index (χ0) is 17.4. The molecule has 0 aliphatic heterocycles. The SMILES string of the molecule is CN=C(NCCCSc1nccs1)NC(C)c1ccc(C)c(F)c1. The summed E-state index contributed by atoms with van der Waals surface area (Å²) in [5.41, 5.74) is 1.56. The van der Waals surface area contributed by atoms with Gasteiger partial charge in [-0.3, -0.25) is 4.99 Å². The third-order valence-corrected chi connectivity index (χ3v) is 5.57. The van der Waals surface area contributed by atoms with Gasteiger partial charge in [0.15, 0.2) is 5.96 Å². The first-order valence-electron chi connectivity index (χ1n) is 7.85. The number of thioether (sulfide) groups is 1. The quantitative estimate of drug-likeness (QED) is 0.337. The highest BCUT2D eigenvalue weighted by atomic mass is 32.2. The van der Waals surface area contributed by atoms with Crippen molar-refractivity contribution in [3.05, 3.63) is 46.7 Å². The number of guanidine groups is 1. The number of nitrogens with zero attached hydrogens (tertiary/aromatic N) is 2. The van der Waals surface area contributed by atoms with Gasteiger partial charge in [-0.25, -0.2) is 9.37 Å². The Morgan fingerprint density at radius 3 is 2.96 bits per heavy atom. The van der Waals surface area contributed by atoms with Crippen LogP contribution >= 0.6 is 23.1 Å². The second kappa shape index (κ2) is 9.64. The molecule has 0 saturated carbocycles. The lowest BCUT2D eigenvalue weighted by Gasteiger charge is -2.18. The van der Waals surface area contributed by atoms with Crippen molar-refractivity contribution in [1.29, 1.82) is 0 Å². The number of halogens is 1. The normalized spacial score (nSPS) is 12.9. The molecule has 0 spiro atoms. The molecular formula is C17H23FN4S2. The van der Waals surface area contributed by atoms with Crippen molar-refractivity contribution in [3.8, 4) is 0 Å². The van der Waals surface area contributed by atoms with Crippen molar-refractivity contribution >= 4 is 29.1 Å². The molecule has 24 heavy (non-hydrogen) atoms. The van der Waals surface area contributed by atoms with E-state index in [4.69, 9.17) is 0 Å². The Kier molecular flexibility index (Phi) is 7.52. The van der Waals surface area contributed by atoms with Crippen LogP contribution in [-0.2, 0) is 0 Å². The minimum absolute atomic E-state index is 0.0176. The fourth-order valence-corrected chi connectivity index (χ4v) is 3.73. The van der Waals surface area contributed by atoms with Crippen molar-refractivity contribution in [2.75, 3.05) is 19.3 Å². The molecule has 0 saturated heterocycles. The Labute approximate surface area is 151 Å². The van der Waals surface area contributed by atoms with E-state index in [1.54, 1.807) is 49.2 Å². The molecular weight excluding hydrogens is 343 g/mol. The van der Waals surface area contributed by atoms with Crippen LogP contribution in [-0.4, -0.2) is 30.3 Å². The maximum Gasteiger partial charge on any atom is 0.191 e. The van der Waals surface area contributed by atoms with Crippen LogP contribution in [0.15, 0.2) is 39.1 Å². The van der Waals surface area contributed by atoms with E-state index in [0.717, 1.165) is 34.6 Å². The molecule has 7 heteroatoms. The van der Waals surface area contributed by atoms with E-state index in [2.05, 4.69) is 20.6 Å². The Bertz CT molecular complexity index is 659. The molecule has 1 heterocycles. The van der Waals surface area contributed by atoms with Gasteiger partial charge in [0.05, 0.1) is 6.04 Å². The lowest BCUT2D eigenvalue weighted by molar-refractivity contribution is 0.607. The molecule has 2 N–H and O–H groups in total. The number of aromatic nitrogens is 1. The predicted molar refractivity (Wildman–Crippen MR) is 102 cm³/mol. The molecule has 0 fully saturated rings. The van der Waals surface area contributed by atoms with Crippen LogP contribution in [0.25, 0.3) is 0 Å². The number of aliphatic imine (C=N–C) groups is 1. The standard InChI is InChI=1S/C17H23FN4S2/c1-12-5-6-14(11-15(12)18)13(2)22-16(19-3)20-7-4-9-23-17-21-8-10-24-17/h5-6,8,10-11,13H,4,7,9H2,1-3H3,(H2,19,20,22). The first kappa shape index (κ1) is 18.7. The fourth-order valence-electron chi connectivity index (χ4n) is 2.08. The second-order valence-corrected chi connectivity index (χ2v) is 7.61. The summed E-state index contributed by atoms with van der Waals surface area (Å²) in [5.74, 6) is 1.56. The average molecular weight is 367 g/mol. The highest BCUT2D eigenvalue weighted by Crippen LogP contribution is 2.20. The third kappa shape index (κ3) is 5.79. The number of benzene rings is 1. The number of aryl methyl sites for hydroxylation is 1. The van der Waals surface area contributed by atoms with Gasteiger partial charge >= 0.3 is 0 Å². The molecule has 0 amide bonds. The summed E-state index contributed by atoms with van der Waals surface area (Å²) < 4.78 is 14.8. The maximum atomic E-state index is 13.7. The molecule has 2 rings (SSSR count). The largest absolute Gasteiger partial charge is 0.356 e. The fraction of sp³-hybridized carbons (Fsp3) is 0.412. The molecule has 0 bridgehead atoms. The van der Waals surface area contributed by atoms with E-state index in [1.165, 1.54) is 0 Å². The van der Waals surface area contributed by atoms with Gasteiger partial charge in [0.25, 0.3) is 0 Å². The summed E-state index contributed by atoms with van der Waals surface area (Å²) >= 11 is 3.43. The van der Waals surface area contributed by atoms with Crippen LogP contribution in [0.5, 0.6) is 0 Å². The van der Waals surface area contributed by atoms with Gasteiger partial charge in [-0.05, 0) is 37.5 Å². The number of nitrogens with one attached hydrogen (secondary N) is 2. The van der Waals surface area contributed by atoms with Crippen LogP contribution in [0.1, 0.15) is 30.5 Å². The van der Waals surface area contributed by atoms with E-state index in [1.807, 2.05) is 24.6 Å². The molecule has 0 radical (unpaired) electrons. The molecule has 4 nitrogen and oxygen atoms in total. The summed E-state index contributed by atoms with van der Waals surface area (Å²) in [6.45, 7) is 4.59. The molecule has 0 aliphatic rings. The molecule has 1 atom stereocenters. The van der Waals surface area contributed by atoms with Crippen molar-refractivity contribution < 1.29 is 4.39 Å². The number of rotatable bonds is 7. The topological polar surface area (TPSA) is 49.3 Å². The van der Waals surface area contributed by atoms with Crippen LogP contribution in [0.2, 0.25) is 0 Å². The van der Waals surface area contributed by atoms with E-state index < -0.39 is 0 Å². The summed E-state index contributed by atoms with van der Waals surface area (Å²) in [7, 11) is 1.74. The van der Waals surface area contributed by atoms with Gasteiger partial charge < -0.3 is 10.6 Å². The molecule has 1 aromatic heterocycles. The first-order valence-corrected chi connectivity index (χ1v) is 9.72. The van der Waals surface area contributed by atoms with Crippen LogP contribution in [0.4, 0.5) is 4.39 Å². The summed E-state index contributed by atoms with van der Waals surface area (Å²) in [4.78, 5) is 8.47. The van der Waals surface area contributed by atoms with Crippen molar-refractivity contribution in [2.24, 2.45) is 4.99 Å². The summed E-state index contributed by atoms with van der Waals surface area (Å²) in [5, 5.41) is 8.57. The van der Waals surface area contributed by atoms with E-state index in [-0.39, 0.29) is 11.9 Å². The number of thiazole rings is 1. The van der Waals surface area contributed by atoms with E-state index in [0.29, 0.717) is 5.56 Å². The lowest BCUT2D eigenvalue weighted by atomic mass is 10.1. The summed E-state index contributed by atoms with van der Waals surface area (Å²) in [6.07, 6.45) is 2.84. The highest BCUT2D eigenvalue weighted by Gasteiger charge is 2.09. The minimum atomic E-state index is -0.177.